The van der Waals surface area contributed by atoms with E-state index in [0.29, 0.717) is 0 Å². The third-order valence-corrected chi connectivity index (χ3v) is 17.3. The maximum absolute atomic E-state index is 5.33. The van der Waals surface area contributed by atoms with Gasteiger partial charge in [0, 0.05) is 22.9 Å². The Balaban J connectivity index is 1.14. The van der Waals surface area contributed by atoms with Crippen LogP contribution in [-0.4, -0.2) is 27.2 Å². The van der Waals surface area contributed by atoms with Gasteiger partial charge in [0.25, 0.3) is 5.54 Å². The van der Waals surface area contributed by atoms with Crippen LogP contribution in [0.2, 0.25) is 0 Å². The summed E-state index contributed by atoms with van der Waals surface area (Å²) in [5, 5.41) is 0. The standard InChI is InChI=1S/C72H65N3/c1-67(2,3)47-32-35-62-57(43-47)54-25-11-14-28-60(54)70(62,50-21-19-23-52(41-50)71(66-31-17-18-38-73-66)61-29-15-12-26-55(61)58-44-48(68(4,5)6)33-36-63(58)71)51-22-20-24-53(42-51)72(75-40-39-74(10)46-75)64-30-16-13-27-56(64)59-45-49(69(7,8)9)34-37-65(59)72/h11-45H,1-10H3/q+2. The number of aromatic nitrogens is 1. The van der Waals surface area contributed by atoms with Gasteiger partial charge in [0.2, 0.25) is 12.4 Å². The van der Waals surface area contributed by atoms with Gasteiger partial charge < -0.3 is 0 Å². The maximum atomic E-state index is 5.33. The van der Waals surface area contributed by atoms with Gasteiger partial charge in [-0.2, -0.15) is 0 Å². The predicted molar refractivity (Wildman–Crippen MR) is 307 cm³/mol. The quantitative estimate of drug-likeness (QED) is 0.152. The normalized spacial score (nSPS) is 19.9. The van der Waals surface area contributed by atoms with Crippen molar-refractivity contribution in [2.75, 3.05) is 7.05 Å². The van der Waals surface area contributed by atoms with E-state index in [4.69, 9.17) is 4.98 Å². The van der Waals surface area contributed by atoms with E-state index in [2.05, 4.69) is 285 Å². The molecule has 2 heterocycles. The molecule has 1 aromatic heterocycles. The van der Waals surface area contributed by atoms with Gasteiger partial charge >= 0.3 is 6.01 Å². The molecule has 0 bridgehead atoms. The molecule has 0 fully saturated rings. The second kappa shape index (κ2) is 16.3. The average molecular weight is 972 g/mol. The molecule has 0 radical (unpaired) electrons. The number of fused-ring (bicyclic) bond motifs is 9. The molecule has 4 aliphatic rings. The molecular weight excluding hydrogens is 907 g/mol. The average Bonchev–Trinajstić information content (AvgIpc) is 4.14. The Bertz CT molecular complexity index is 3950. The SMILES string of the molecule is C[N+]1=C=[N+](C2(c3cccc(C4(c5cccc(C6(c7ccccn7)c7ccccc7-c7cc(C(C)(C)C)ccc76)c5)c5ccccc5-c5cc(C(C)(C)C)ccc54)c3)c3ccccc3-c3cc(C(C)(C)C)ccc32)C=C1. The molecular formula is C72H65N3+2. The Morgan fingerprint density at radius 3 is 1.27 bits per heavy atom. The minimum Gasteiger partial charge on any atom is -0.260 e. The first-order valence-electron chi connectivity index (χ1n) is 26.8. The van der Waals surface area contributed by atoms with Crippen LogP contribution >= 0.6 is 0 Å². The summed E-state index contributed by atoms with van der Waals surface area (Å²) in [5.74, 6) is 0. The van der Waals surface area contributed by atoms with Crippen LogP contribution in [0.4, 0.5) is 0 Å². The van der Waals surface area contributed by atoms with Crippen molar-refractivity contribution < 1.29 is 9.15 Å². The highest BCUT2D eigenvalue weighted by atomic mass is 15.2. The molecule has 0 spiro atoms. The van der Waals surface area contributed by atoms with E-state index in [1.54, 1.807) is 0 Å². The number of hydrogen-bond donors (Lipinski definition) is 0. The highest BCUT2D eigenvalue weighted by molar-refractivity contribution is 5.90. The molecule has 3 aliphatic carbocycles. The monoisotopic (exact) mass is 972 g/mol. The van der Waals surface area contributed by atoms with E-state index < -0.39 is 16.4 Å². The van der Waals surface area contributed by atoms with E-state index in [1.807, 2.05) is 12.3 Å². The van der Waals surface area contributed by atoms with E-state index >= 15 is 0 Å². The number of hydrogen-bond acceptors (Lipinski definition) is 1. The van der Waals surface area contributed by atoms with Crippen molar-refractivity contribution in [2.24, 2.45) is 0 Å². The smallest absolute Gasteiger partial charge is 0.260 e. The van der Waals surface area contributed by atoms with Crippen molar-refractivity contribution in [2.45, 2.75) is 94.9 Å². The first kappa shape index (κ1) is 46.8. The fraction of sp³-hybridized carbons (Fsp3) is 0.222. The number of rotatable bonds is 6. The van der Waals surface area contributed by atoms with E-state index in [9.17, 15) is 0 Å². The molecule has 9 aromatic rings. The third kappa shape index (κ3) is 6.57. The largest absolute Gasteiger partial charge is 0.490 e. The molecule has 8 aromatic carbocycles. The second-order valence-electron chi connectivity index (χ2n) is 24.6. The fourth-order valence-electron chi connectivity index (χ4n) is 13.6. The first-order chi connectivity index (χ1) is 36.0. The Hall–Kier alpha value is -7.97. The molecule has 366 valence electrons. The minimum absolute atomic E-state index is 0.0225. The van der Waals surface area contributed by atoms with Gasteiger partial charge in [-0.3, -0.25) is 4.98 Å². The Morgan fingerprint density at radius 2 is 0.760 bits per heavy atom. The lowest BCUT2D eigenvalue weighted by Gasteiger charge is -2.38. The van der Waals surface area contributed by atoms with Crippen molar-refractivity contribution in [3.05, 3.63) is 291 Å². The van der Waals surface area contributed by atoms with Crippen molar-refractivity contribution in [3.63, 3.8) is 0 Å². The maximum Gasteiger partial charge on any atom is 0.490 e. The van der Waals surface area contributed by atoms with Crippen LogP contribution in [0.5, 0.6) is 0 Å². The summed E-state index contributed by atoms with van der Waals surface area (Å²) in [7, 11) is 2.08. The van der Waals surface area contributed by atoms with Crippen LogP contribution in [0.3, 0.4) is 0 Å². The Labute approximate surface area is 444 Å². The summed E-state index contributed by atoms with van der Waals surface area (Å²) in [4.78, 5) is 5.33. The predicted octanol–water partition coefficient (Wildman–Crippen LogP) is 16.3. The van der Waals surface area contributed by atoms with Gasteiger partial charge in [-0.25, -0.2) is 0 Å². The van der Waals surface area contributed by atoms with Crippen molar-refractivity contribution in [1.82, 2.24) is 4.98 Å². The lowest BCUT2D eigenvalue weighted by Crippen LogP contribution is -2.38. The van der Waals surface area contributed by atoms with Gasteiger partial charge in [0.1, 0.15) is 0 Å². The summed E-state index contributed by atoms with van der Waals surface area (Å²) in [5.41, 5.74) is 22.7. The summed E-state index contributed by atoms with van der Waals surface area (Å²) in [6.07, 6.45) is 6.30. The lowest BCUT2D eigenvalue weighted by atomic mass is 9.64. The van der Waals surface area contributed by atoms with Gasteiger partial charge in [0.15, 0.2) is 7.05 Å². The first-order valence-corrected chi connectivity index (χ1v) is 26.8. The van der Waals surface area contributed by atoms with Crippen LogP contribution in [-0.2, 0) is 32.6 Å². The molecule has 1 aliphatic heterocycles. The van der Waals surface area contributed by atoms with Gasteiger partial charge in [-0.1, -0.05) is 247 Å². The fourth-order valence-corrected chi connectivity index (χ4v) is 13.6. The zero-order valence-electron chi connectivity index (χ0n) is 45.0. The molecule has 75 heavy (non-hydrogen) atoms. The van der Waals surface area contributed by atoms with Crippen molar-refractivity contribution in [1.29, 1.82) is 0 Å². The Morgan fingerprint density at radius 1 is 0.360 bits per heavy atom. The van der Waals surface area contributed by atoms with Gasteiger partial charge in [0.05, 0.1) is 16.5 Å². The molecule has 3 heteroatoms. The molecule has 0 amide bonds. The van der Waals surface area contributed by atoms with E-state index in [0.717, 1.165) is 5.69 Å². The van der Waals surface area contributed by atoms with Crippen LogP contribution in [0.15, 0.2) is 213 Å². The summed E-state index contributed by atoms with van der Waals surface area (Å²) in [6.45, 7) is 20.9. The van der Waals surface area contributed by atoms with Crippen molar-refractivity contribution >= 4 is 6.01 Å². The van der Waals surface area contributed by atoms with E-state index in [1.165, 1.54) is 106 Å². The Kier molecular flexibility index (Phi) is 10.1. The second-order valence-corrected chi connectivity index (χ2v) is 24.6. The zero-order valence-corrected chi connectivity index (χ0v) is 45.0. The van der Waals surface area contributed by atoms with Crippen LogP contribution in [0, 0.1) is 0 Å². The van der Waals surface area contributed by atoms with Crippen LogP contribution < -0.4 is 0 Å². The molecule has 3 unspecified atom stereocenters. The van der Waals surface area contributed by atoms with Crippen molar-refractivity contribution in [3.8, 4) is 33.4 Å². The van der Waals surface area contributed by atoms with E-state index in [-0.39, 0.29) is 16.2 Å². The van der Waals surface area contributed by atoms with Gasteiger partial charge in [-0.05, 0) is 123 Å². The topological polar surface area (TPSA) is 18.9 Å². The zero-order chi connectivity index (χ0) is 51.9. The molecule has 13 rings (SSSR count). The highest BCUT2D eigenvalue weighted by Crippen LogP contribution is 2.61. The molecule has 0 saturated heterocycles. The molecule has 3 atom stereocenters. The third-order valence-electron chi connectivity index (χ3n) is 17.3. The minimum atomic E-state index is -0.736. The number of nitrogens with zero attached hydrogens (tertiary/aromatic N) is 3. The number of pyridine rings is 1. The molecule has 3 nitrogen and oxygen atoms in total. The highest BCUT2D eigenvalue weighted by Gasteiger charge is 2.57. The summed E-state index contributed by atoms with van der Waals surface area (Å²) in [6, 6.07) is 78.6. The van der Waals surface area contributed by atoms with Gasteiger partial charge in [-0.15, -0.1) is 0 Å². The number of benzene rings is 8. The summed E-state index contributed by atoms with van der Waals surface area (Å²) < 4.78 is 4.39. The summed E-state index contributed by atoms with van der Waals surface area (Å²) >= 11 is 0. The molecule has 0 N–H and O–H groups in total. The molecule has 0 saturated carbocycles. The van der Waals surface area contributed by atoms with Crippen LogP contribution in [0.25, 0.3) is 33.4 Å². The lowest BCUT2D eigenvalue weighted by molar-refractivity contribution is -0.533. The van der Waals surface area contributed by atoms with Crippen LogP contribution in [0.1, 0.15) is 140 Å².